The van der Waals surface area contributed by atoms with Gasteiger partial charge in [-0.1, -0.05) is 30.3 Å². The molecular formula is C16H13N2O5-. The third-order valence-corrected chi connectivity index (χ3v) is 2.74. The second-order valence-electron chi connectivity index (χ2n) is 4.45. The van der Waals surface area contributed by atoms with Crippen LogP contribution in [0.1, 0.15) is 16.1 Å². The highest BCUT2D eigenvalue weighted by Gasteiger charge is 2.16. The average Bonchev–Trinajstić information content (AvgIpc) is 3.07. The van der Waals surface area contributed by atoms with Gasteiger partial charge in [0.1, 0.15) is 5.70 Å². The van der Waals surface area contributed by atoms with Crippen LogP contribution in [-0.4, -0.2) is 24.3 Å². The van der Waals surface area contributed by atoms with Crippen molar-refractivity contribution in [1.82, 2.24) is 10.6 Å². The molecule has 2 aromatic rings. The van der Waals surface area contributed by atoms with Crippen molar-refractivity contribution in [3.63, 3.8) is 0 Å². The molecular weight excluding hydrogens is 300 g/mol. The highest BCUT2D eigenvalue weighted by molar-refractivity contribution is 6.04. The Labute approximate surface area is 131 Å². The van der Waals surface area contributed by atoms with Crippen molar-refractivity contribution in [3.05, 3.63) is 65.7 Å². The van der Waals surface area contributed by atoms with Crippen molar-refractivity contribution in [1.29, 1.82) is 0 Å². The molecule has 1 aromatic heterocycles. The van der Waals surface area contributed by atoms with E-state index in [1.165, 1.54) is 24.5 Å². The van der Waals surface area contributed by atoms with E-state index in [2.05, 4.69) is 10.6 Å². The highest BCUT2D eigenvalue weighted by atomic mass is 16.4. The van der Waals surface area contributed by atoms with Gasteiger partial charge in [0.2, 0.25) is 0 Å². The Morgan fingerprint density at radius 2 is 1.83 bits per heavy atom. The van der Waals surface area contributed by atoms with E-state index in [1.807, 2.05) is 0 Å². The lowest BCUT2D eigenvalue weighted by Crippen LogP contribution is -2.41. The van der Waals surface area contributed by atoms with E-state index >= 15 is 0 Å². The lowest BCUT2D eigenvalue weighted by molar-refractivity contribution is -0.303. The van der Waals surface area contributed by atoms with Crippen LogP contribution in [0.4, 0.5) is 0 Å². The summed E-state index contributed by atoms with van der Waals surface area (Å²) >= 11 is 0. The molecule has 0 saturated carbocycles. The molecule has 0 atom stereocenters. The van der Waals surface area contributed by atoms with Gasteiger partial charge in [0.05, 0.1) is 18.8 Å². The maximum absolute atomic E-state index is 12.0. The van der Waals surface area contributed by atoms with Crippen molar-refractivity contribution < 1.29 is 23.9 Å². The number of nitrogens with one attached hydrogen (secondary N) is 2. The molecule has 0 aliphatic carbocycles. The second-order valence-corrected chi connectivity index (χ2v) is 4.45. The number of furan rings is 1. The van der Waals surface area contributed by atoms with Gasteiger partial charge in [0.25, 0.3) is 11.8 Å². The number of amides is 2. The minimum absolute atomic E-state index is 0.0247. The van der Waals surface area contributed by atoms with Crippen LogP contribution in [0.2, 0.25) is 0 Å². The molecule has 1 aromatic carbocycles. The van der Waals surface area contributed by atoms with Gasteiger partial charge in [-0.15, -0.1) is 0 Å². The average molecular weight is 313 g/mol. The number of carboxylic acids is 1. The Morgan fingerprint density at radius 1 is 1.09 bits per heavy atom. The molecule has 2 N–H and O–H groups in total. The number of hydrogen-bond acceptors (Lipinski definition) is 5. The van der Waals surface area contributed by atoms with Gasteiger partial charge >= 0.3 is 0 Å². The quantitative estimate of drug-likeness (QED) is 0.724. The van der Waals surface area contributed by atoms with Crippen molar-refractivity contribution in [2.75, 3.05) is 6.54 Å². The van der Waals surface area contributed by atoms with E-state index in [4.69, 9.17) is 4.42 Å². The number of carboxylic acid groups (broad SMARTS) is 1. The fourth-order valence-electron chi connectivity index (χ4n) is 1.71. The highest BCUT2D eigenvalue weighted by Crippen LogP contribution is 2.07. The van der Waals surface area contributed by atoms with E-state index in [1.54, 1.807) is 30.3 Å². The number of rotatable bonds is 6. The predicted molar refractivity (Wildman–Crippen MR) is 78.6 cm³/mol. The molecule has 0 unspecified atom stereocenters. The van der Waals surface area contributed by atoms with Gasteiger partial charge in [-0.3, -0.25) is 9.59 Å². The van der Waals surface area contributed by atoms with Crippen LogP contribution in [0, 0.1) is 0 Å². The summed E-state index contributed by atoms with van der Waals surface area (Å²) in [6.07, 6.45) is 2.75. The van der Waals surface area contributed by atoms with Crippen LogP contribution in [0.5, 0.6) is 0 Å². The van der Waals surface area contributed by atoms with Crippen molar-refractivity contribution >= 4 is 23.9 Å². The predicted octanol–water partition coefficient (Wildman–Crippen LogP) is -0.0834. The number of aliphatic carboxylic acids is 1. The van der Waals surface area contributed by atoms with Gasteiger partial charge in [-0.05, 0) is 23.8 Å². The first kappa shape index (κ1) is 16.0. The zero-order valence-electron chi connectivity index (χ0n) is 11.9. The molecule has 7 heteroatoms. The van der Waals surface area contributed by atoms with Gasteiger partial charge in [0.15, 0.2) is 5.76 Å². The van der Waals surface area contributed by atoms with E-state index in [0.717, 1.165) is 0 Å². The molecule has 2 amide bonds. The largest absolute Gasteiger partial charge is 0.548 e. The summed E-state index contributed by atoms with van der Waals surface area (Å²) in [5, 5.41) is 15.0. The van der Waals surface area contributed by atoms with E-state index in [0.29, 0.717) is 5.56 Å². The SMILES string of the molecule is O=C([O-])CNC(=O)/C(=C/c1ccccc1)NC(=O)c1ccco1. The molecule has 1 heterocycles. The van der Waals surface area contributed by atoms with Crippen LogP contribution in [0.3, 0.4) is 0 Å². The minimum atomic E-state index is -1.44. The number of benzene rings is 1. The van der Waals surface area contributed by atoms with Crippen LogP contribution < -0.4 is 15.7 Å². The summed E-state index contributed by atoms with van der Waals surface area (Å²) in [4.78, 5) is 34.5. The Kier molecular flexibility index (Phi) is 5.30. The Morgan fingerprint density at radius 3 is 2.43 bits per heavy atom. The first-order valence-corrected chi connectivity index (χ1v) is 6.66. The topological polar surface area (TPSA) is 111 Å². The summed E-state index contributed by atoms with van der Waals surface area (Å²) in [7, 11) is 0. The molecule has 0 saturated heterocycles. The molecule has 118 valence electrons. The molecule has 2 rings (SSSR count). The molecule has 0 bridgehead atoms. The lowest BCUT2D eigenvalue weighted by atomic mass is 10.2. The fourth-order valence-corrected chi connectivity index (χ4v) is 1.71. The Bertz CT molecular complexity index is 720. The second kappa shape index (κ2) is 7.60. The molecule has 0 aliphatic heterocycles. The summed E-state index contributed by atoms with van der Waals surface area (Å²) in [6, 6.07) is 11.7. The molecule has 0 spiro atoms. The molecule has 0 aliphatic rings. The standard InChI is InChI=1S/C16H14N2O5/c19-14(20)10-17-15(21)12(9-11-5-2-1-3-6-11)18-16(22)13-7-4-8-23-13/h1-9H,10H2,(H,17,21)(H,18,22)(H,19,20)/p-1/b12-9-. The summed E-state index contributed by atoms with van der Waals surface area (Å²) in [5.74, 6) is -2.79. The van der Waals surface area contributed by atoms with E-state index in [-0.39, 0.29) is 11.5 Å². The summed E-state index contributed by atoms with van der Waals surface area (Å²) in [6.45, 7) is -0.665. The third kappa shape index (κ3) is 4.85. The van der Waals surface area contributed by atoms with Crippen molar-refractivity contribution in [2.24, 2.45) is 0 Å². The monoisotopic (exact) mass is 313 g/mol. The summed E-state index contributed by atoms with van der Waals surface area (Å²) in [5.41, 5.74) is 0.546. The van der Waals surface area contributed by atoms with Crippen LogP contribution in [0.25, 0.3) is 6.08 Å². The Hall–Kier alpha value is -3.35. The van der Waals surface area contributed by atoms with Crippen LogP contribution in [0.15, 0.2) is 58.8 Å². The minimum Gasteiger partial charge on any atom is -0.548 e. The normalized spacial score (nSPS) is 10.9. The zero-order chi connectivity index (χ0) is 16.7. The van der Waals surface area contributed by atoms with Gasteiger partial charge in [-0.25, -0.2) is 0 Å². The van der Waals surface area contributed by atoms with E-state index in [9.17, 15) is 19.5 Å². The number of carbonyl (C=O) groups is 3. The number of carbonyl (C=O) groups excluding carboxylic acids is 3. The van der Waals surface area contributed by atoms with E-state index < -0.39 is 24.3 Å². The molecule has 23 heavy (non-hydrogen) atoms. The first-order valence-electron chi connectivity index (χ1n) is 6.66. The molecule has 7 nitrogen and oxygen atoms in total. The zero-order valence-corrected chi connectivity index (χ0v) is 11.9. The fraction of sp³-hybridized carbons (Fsp3) is 0.0625. The maximum Gasteiger partial charge on any atom is 0.291 e. The first-order chi connectivity index (χ1) is 11.1. The summed E-state index contributed by atoms with van der Waals surface area (Å²) < 4.78 is 4.95. The van der Waals surface area contributed by atoms with Crippen molar-refractivity contribution in [3.8, 4) is 0 Å². The van der Waals surface area contributed by atoms with Crippen LogP contribution >= 0.6 is 0 Å². The maximum atomic E-state index is 12.0. The Balaban J connectivity index is 2.20. The smallest absolute Gasteiger partial charge is 0.291 e. The van der Waals surface area contributed by atoms with Crippen molar-refractivity contribution in [2.45, 2.75) is 0 Å². The van der Waals surface area contributed by atoms with Gasteiger partial charge in [-0.2, -0.15) is 0 Å². The molecule has 0 radical (unpaired) electrons. The van der Waals surface area contributed by atoms with Gasteiger partial charge < -0.3 is 25.0 Å². The lowest BCUT2D eigenvalue weighted by Gasteiger charge is -2.10. The molecule has 0 fully saturated rings. The number of hydrogen-bond donors (Lipinski definition) is 2. The van der Waals surface area contributed by atoms with Crippen LogP contribution in [-0.2, 0) is 9.59 Å². The van der Waals surface area contributed by atoms with Gasteiger partial charge in [0, 0.05) is 0 Å². The third-order valence-electron chi connectivity index (χ3n) is 2.74.